The molecule has 0 unspecified atom stereocenters. The predicted octanol–water partition coefficient (Wildman–Crippen LogP) is 6.88. The van der Waals surface area contributed by atoms with Crippen molar-refractivity contribution < 1.29 is 33.8 Å². The van der Waals surface area contributed by atoms with Crippen LogP contribution in [0.15, 0.2) is 119 Å². The Morgan fingerprint density at radius 1 is 1.00 bits per heavy atom. The van der Waals surface area contributed by atoms with Gasteiger partial charge in [-0.2, -0.15) is 0 Å². The van der Waals surface area contributed by atoms with Crippen molar-refractivity contribution in [2.24, 2.45) is 32.7 Å². The number of aliphatic imine (C=N–C) groups is 3. The summed E-state index contributed by atoms with van der Waals surface area (Å²) in [5.41, 5.74) is 11.7. The topological polar surface area (TPSA) is 182 Å². The van der Waals surface area contributed by atoms with E-state index in [1.807, 2.05) is 38.2 Å². The minimum Gasteiger partial charge on any atom is -0.510 e. The van der Waals surface area contributed by atoms with Crippen LogP contribution >= 0.6 is 7.60 Å². The highest BCUT2D eigenvalue weighted by molar-refractivity contribution is 7.51. The molecule has 0 aromatic rings. The number of rotatable bonds is 13. The number of aliphatic hydroxyl groups excluding tert-OH is 1. The van der Waals surface area contributed by atoms with Gasteiger partial charge in [0.1, 0.15) is 11.7 Å². The van der Waals surface area contributed by atoms with Crippen LogP contribution in [0, 0.1) is 17.8 Å². The first kappa shape index (κ1) is 39.1. The summed E-state index contributed by atoms with van der Waals surface area (Å²) in [5.74, 6) is -2.30. The molecule has 0 aromatic heterocycles. The fourth-order valence-corrected chi connectivity index (χ4v) is 8.81. The van der Waals surface area contributed by atoms with Crippen LogP contribution in [0.4, 0.5) is 0 Å². The molecule has 54 heavy (non-hydrogen) atoms. The van der Waals surface area contributed by atoms with Gasteiger partial charge in [-0.3, -0.25) is 14.2 Å². The summed E-state index contributed by atoms with van der Waals surface area (Å²) in [7, 11) is -2.69. The Labute approximate surface area is 316 Å². The van der Waals surface area contributed by atoms with E-state index in [0.29, 0.717) is 60.5 Å². The number of allylic oxidation sites excluding steroid dienone is 11. The molecule has 3 atom stereocenters. The molecule has 0 saturated carbocycles. The fourth-order valence-electron chi connectivity index (χ4n) is 8.17. The molecule has 5 aliphatic heterocycles. The number of fused-ring (bicyclic) bond motifs is 5. The summed E-state index contributed by atoms with van der Waals surface area (Å²) in [4.78, 5) is 60.0. The van der Waals surface area contributed by atoms with Crippen molar-refractivity contribution in [1.29, 1.82) is 0 Å². The maximum absolute atomic E-state index is 13.5. The van der Waals surface area contributed by atoms with Crippen LogP contribution in [0.25, 0.3) is 0 Å². The average molecular weight is 756 g/mol. The lowest BCUT2D eigenvalue weighted by Gasteiger charge is -2.20. The van der Waals surface area contributed by atoms with Crippen LogP contribution in [0.1, 0.15) is 79.6 Å². The van der Waals surface area contributed by atoms with E-state index in [9.17, 15) is 19.3 Å². The normalized spacial score (nSPS) is 23.4. The van der Waals surface area contributed by atoms with Gasteiger partial charge in [-0.25, -0.2) is 15.0 Å². The summed E-state index contributed by atoms with van der Waals surface area (Å²) in [6.45, 7) is 14.7. The zero-order valence-corrected chi connectivity index (χ0v) is 32.8. The monoisotopic (exact) mass is 755 g/mol. The van der Waals surface area contributed by atoms with Crippen molar-refractivity contribution in [1.82, 2.24) is 10.6 Å². The van der Waals surface area contributed by atoms with Crippen LogP contribution in [0.2, 0.25) is 0 Å². The molecule has 286 valence electrons. The van der Waals surface area contributed by atoms with E-state index in [-0.39, 0.29) is 36.1 Å². The Kier molecular flexibility index (Phi) is 11.3. The molecule has 5 N–H and O–H groups in total. The van der Waals surface area contributed by atoms with Crippen molar-refractivity contribution in [3.05, 3.63) is 104 Å². The zero-order valence-electron chi connectivity index (χ0n) is 31.9. The lowest BCUT2D eigenvalue weighted by molar-refractivity contribution is -0.143. The van der Waals surface area contributed by atoms with Gasteiger partial charge in [0.15, 0.2) is 0 Å². The second-order valence-electron chi connectivity index (χ2n) is 14.6. The van der Waals surface area contributed by atoms with Gasteiger partial charge in [0, 0.05) is 59.1 Å². The van der Waals surface area contributed by atoms with E-state index in [1.54, 1.807) is 0 Å². The molecule has 0 radical (unpaired) electrons. The molecule has 12 nitrogen and oxygen atoms in total. The van der Waals surface area contributed by atoms with Gasteiger partial charge >= 0.3 is 13.6 Å². The first-order valence-electron chi connectivity index (χ1n) is 18.7. The Morgan fingerprint density at radius 3 is 2.39 bits per heavy atom. The second kappa shape index (κ2) is 15.6. The molecule has 0 aromatic carbocycles. The van der Waals surface area contributed by atoms with E-state index in [2.05, 4.69) is 38.0 Å². The van der Waals surface area contributed by atoms with E-state index >= 15 is 0 Å². The van der Waals surface area contributed by atoms with Crippen molar-refractivity contribution in [3.63, 3.8) is 0 Å². The zero-order chi connectivity index (χ0) is 39.1. The average Bonchev–Trinajstić information content (AvgIpc) is 3.86. The summed E-state index contributed by atoms with van der Waals surface area (Å²) in [5, 5.41) is 18.4. The number of methoxy groups -OCH3 is 1. The van der Waals surface area contributed by atoms with Gasteiger partial charge in [0.05, 0.1) is 41.3 Å². The highest BCUT2D eigenvalue weighted by Gasteiger charge is 2.49. The summed E-state index contributed by atoms with van der Waals surface area (Å²) >= 11 is 0. The van der Waals surface area contributed by atoms with Gasteiger partial charge in [-0.15, -0.1) is 0 Å². The minimum atomic E-state index is -3.99. The van der Waals surface area contributed by atoms with Crippen molar-refractivity contribution >= 4 is 36.6 Å². The number of nitrogens with one attached hydrogen (secondary N) is 2. The molecule has 13 heteroatoms. The van der Waals surface area contributed by atoms with Gasteiger partial charge in [0.25, 0.3) is 0 Å². The molecule has 5 heterocycles. The van der Waals surface area contributed by atoms with Crippen molar-refractivity contribution in [3.8, 4) is 0 Å². The fraction of sp³-hybridized carbons (Fsp3) is 0.439. The molecule has 6 aliphatic rings. The Hall–Kier alpha value is -4.64. The highest BCUT2D eigenvalue weighted by Crippen LogP contribution is 2.49. The van der Waals surface area contributed by atoms with Crippen LogP contribution in [-0.2, 0) is 18.9 Å². The van der Waals surface area contributed by atoms with E-state index in [0.717, 1.165) is 69.2 Å². The van der Waals surface area contributed by atoms with E-state index in [1.165, 1.54) is 7.11 Å². The van der Waals surface area contributed by atoms with Crippen molar-refractivity contribution in [2.45, 2.75) is 79.6 Å². The number of hydrogen-bond acceptors (Lipinski definition) is 9. The molecule has 6 rings (SSSR count). The number of esters is 1. The summed E-state index contributed by atoms with van der Waals surface area (Å²) in [6, 6.07) is 0. The number of carbonyl (C=O) groups is 2. The van der Waals surface area contributed by atoms with Gasteiger partial charge < -0.3 is 30.3 Å². The van der Waals surface area contributed by atoms with E-state index in [4.69, 9.17) is 29.5 Å². The maximum atomic E-state index is 13.5. The van der Waals surface area contributed by atoms with Gasteiger partial charge in [-0.05, 0) is 87.0 Å². The molecular formula is C41H50N5O7P. The standard InChI is InChI=1S/C41H50N5O7P/c1-8-25-21(3)28-18-30-23(5)27(14-15-34(47)42-16-12-10-11-13-17-54(50,51)52)38(45-30)36-37(41(49)53-7)40(48)35-24(6)31(46-39(35)36)20-33-26(9-2)22(4)29(44-33)19-32(25)43-28/h8,18-20,23,27,37,45,48H,1,9-17H2,2-7H3,(H,42,47)(H2,50,51,52)/t23-,27-,37+/m0/s1. The Morgan fingerprint density at radius 2 is 1.70 bits per heavy atom. The number of nitrogens with zero attached hydrogens (tertiary/aromatic N) is 3. The second-order valence-corrected chi connectivity index (χ2v) is 16.4. The number of amides is 1. The predicted molar refractivity (Wildman–Crippen MR) is 211 cm³/mol. The Bertz CT molecular complexity index is 2110. The molecule has 0 spiro atoms. The third-order valence-corrected chi connectivity index (χ3v) is 12.1. The number of aliphatic hydroxyl groups is 1. The first-order valence-corrected chi connectivity index (χ1v) is 20.5. The Balaban J connectivity index is 1.40. The number of ether oxygens (including phenoxy) is 1. The van der Waals surface area contributed by atoms with Crippen LogP contribution in [0.5, 0.6) is 0 Å². The highest BCUT2D eigenvalue weighted by atomic mass is 31.2. The number of carbonyl (C=O) groups excluding carboxylic acids is 2. The van der Waals surface area contributed by atoms with Crippen LogP contribution < -0.4 is 10.6 Å². The van der Waals surface area contributed by atoms with Crippen LogP contribution in [0.3, 0.4) is 0 Å². The number of hydrogen-bond donors (Lipinski definition) is 5. The largest absolute Gasteiger partial charge is 0.510 e. The molecule has 8 bridgehead atoms. The van der Waals surface area contributed by atoms with Crippen molar-refractivity contribution in [2.75, 3.05) is 19.8 Å². The number of unbranched alkanes of at least 4 members (excludes halogenated alkanes) is 3. The SMILES string of the molecule is C=CC1=C(C)C2=NC1=CC1=NC(=CC3=C(C)C4=C(O)[C@H](C(=O)OC)C(=C5NC(=C2)[C@@H](C)[C@@H]5CCC(=O)NCCCCCCP(=O)(O)O)C4=N3)C(CC)=C1C. The molecule has 1 fully saturated rings. The van der Waals surface area contributed by atoms with Gasteiger partial charge in [0.2, 0.25) is 5.91 Å². The summed E-state index contributed by atoms with van der Waals surface area (Å²) in [6.07, 6.45) is 11.7. The maximum Gasteiger partial charge on any atom is 0.325 e. The first-order chi connectivity index (χ1) is 25.7. The van der Waals surface area contributed by atoms with Crippen LogP contribution in [-0.4, -0.2) is 63.7 Å². The van der Waals surface area contributed by atoms with Gasteiger partial charge in [-0.1, -0.05) is 39.3 Å². The third-order valence-electron chi connectivity index (χ3n) is 11.2. The lowest BCUT2D eigenvalue weighted by atomic mass is 9.84. The molecular weight excluding hydrogens is 705 g/mol. The minimum absolute atomic E-state index is 0.112. The molecule has 1 aliphatic carbocycles. The lowest BCUT2D eigenvalue weighted by Crippen LogP contribution is -2.27. The van der Waals surface area contributed by atoms with E-state index < -0.39 is 19.5 Å². The summed E-state index contributed by atoms with van der Waals surface area (Å²) < 4.78 is 16.4. The third kappa shape index (κ3) is 7.39. The quantitative estimate of drug-likeness (QED) is 0.0766. The molecule has 1 saturated heterocycles. The molecule has 1 amide bonds. The smallest absolute Gasteiger partial charge is 0.325 e.